The van der Waals surface area contributed by atoms with E-state index in [1.165, 1.54) is 30.4 Å². The molecular formula is C31H36Cl2N2O. The molecule has 0 heterocycles. The SMILES string of the molecule is CCN(CCNC(=O)C(c1ccc(Cl)cc1)c1ccc(Cl)cc1)CCC1(C)C=CC2=C1C=CCCC2. The maximum Gasteiger partial charge on any atom is 0.232 e. The fourth-order valence-electron chi connectivity index (χ4n) is 5.24. The number of halogens is 2. The van der Waals surface area contributed by atoms with Crippen molar-refractivity contribution in [1.82, 2.24) is 10.2 Å². The Morgan fingerprint density at radius 3 is 2.25 bits per heavy atom. The highest BCUT2D eigenvalue weighted by Crippen LogP contribution is 2.43. The predicted molar refractivity (Wildman–Crippen MR) is 152 cm³/mol. The molecule has 36 heavy (non-hydrogen) atoms. The standard InChI is InChI=1S/C31H36Cl2N2O/c1-3-35(21-19-31(2)18-17-23-7-5-4-6-8-28(23)31)22-20-34-30(36)29(24-9-13-26(32)14-10-24)25-11-15-27(33)16-12-25/h6,8-18,29H,3-5,7,19-22H2,1-2H3,(H,34,36). The number of nitrogens with zero attached hydrogens (tertiary/aromatic N) is 1. The van der Waals surface area contributed by atoms with Gasteiger partial charge in [-0.1, -0.05) is 85.6 Å². The molecule has 0 bridgehead atoms. The molecule has 0 aliphatic heterocycles. The maximum atomic E-state index is 13.4. The van der Waals surface area contributed by atoms with Crippen molar-refractivity contribution in [2.45, 2.75) is 45.4 Å². The van der Waals surface area contributed by atoms with Gasteiger partial charge in [0.2, 0.25) is 5.91 Å². The molecular weight excluding hydrogens is 487 g/mol. The molecule has 1 N–H and O–H groups in total. The summed E-state index contributed by atoms with van der Waals surface area (Å²) >= 11 is 12.2. The normalized spacial score (nSPS) is 19.2. The highest BCUT2D eigenvalue weighted by Gasteiger charge is 2.31. The van der Waals surface area contributed by atoms with Gasteiger partial charge in [-0.25, -0.2) is 0 Å². The molecule has 0 fully saturated rings. The number of hydrogen-bond acceptors (Lipinski definition) is 2. The van der Waals surface area contributed by atoms with E-state index in [1.807, 2.05) is 48.5 Å². The van der Waals surface area contributed by atoms with Gasteiger partial charge in [0.1, 0.15) is 0 Å². The summed E-state index contributed by atoms with van der Waals surface area (Å²) in [7, 11) is 0. The Bertz CT molecular complexity index is 1090. The minimum absolute atomic E-state index is 0.0141. The third-order valence-electron chi connectivity index (χ3n) is 7.51. The Hall–Kier alpha value is -2.33. The number of nitrogens with one attached hydrogen (secondary N) is 1. The average molecular weight is 524 g/mol. The van der Waals surface area contributed by atoms with Crippen molar-refractivity contribution in [3.63, 3.8) is 0 Å². The highest BCUT2D eigenvalue weighted by atomic mass is 35.5. The Morgan fingerprint density at radius 1 is 1.00 bits per heavy atom. The summed E-state index contributed by atoms with van der Waals surface area (Å²) in [4.78, 5) is 15.8. The molecule has 3 nitrogen and oxygen atoms in total. The Kier molecular flexibility index (Phi) is 9.11. The van der Waals surface area contributed by atoms with Gasteiger partial charge >= 0.3 is 0 Å². The third-order valence-corrected chi connectivity index (χ3v) is 8.01. The van der Waals surface area contributed by atoms with Crippen molar-refractivity contribution in [3.05, 3.63) is 105 Å². The molecule has 1 unspecified atom stereocenters. The first kappa shape index (κ1) is 26.7. The van der Waals surface area contributed by atoms with Gasteiger partial charge in [0.15, 0.2) is 0 Å². The van der Waals surface area contributed by atoms with Crippen molar-refractivity contribution < 1.29 is 4.79 Å². The number of rotatable bonds is 10. The molecule has 2 aliphatic carbocycles. The minimum Gasteiger partial charge on any atom is -0.354 e. The largest absolute Gasteiger partial charge is 0.354 e. The molecule has 4 rings (SSSR count). The van der Waals surface area contributed by atoms with E-state index in [0.29, 0.717) is 16.6 Å². The van der Waals surface area contributed by atoms with Crippen LogP contribution in [-0.4, -0.2) is 37.0 Å². The van der Waals surface area contributed by atoms with Gasteiger partial charge in [-0.2, -0.15) is 0 Å². The van der Waals surface area contributed by atoms with E-state index in [0.717, 1.165) is 37.2 Å². The first-order chi connectivity index (χ1) is 17.4. The van der Waals surface area contributed by atoms with E-state index in [9.17, 15) is 4.79 Å². The zero-order chi connectivity index (χ0) is 25.5. The number of likely N-dealkylation sites (N-methyl/N-ethyl adjacent to an activating group) is 1. The van der Waals surface area contributed by atoms with Crippen LogP contribution in [0.2, 0.25) is 10.0 Å². The van der Waals surface area contributed by atoms with Crippen LogP contribution in [0.1, 0.15) is 56.6 Å². The van der Waals surface area contributed by atoms with Crippen LogP contribution < -0.4 is 5.32 Å². The number of hydrogen-bond donors (Lipinski definition) is 1. The maximum absolute atomic E-state index is 13.4. The molecule has 1 amide bonds. The molecule has 190 valence electrons. The van der Waals surface area contributed by atoms with Gasteiger partial charge in [-0.3, -0.25) is 4.79 Å². The summed E-state index contributed by atoms with van der Waals surface area (Å²) in [5.41, 5.74) is 4.93. The van der Waals surface area contributed by atoms with Crippen LogP contribution in [0.3, 0.4) is 0 Å². The van der Waals surface area contributed by atoms with E-state index in [2.05, 4.69) is 48.4 Å². The first-order valence-electron chi connectivity index (χ1n) is 13.0. The van der Waals surface area contributed by atoms with Crippen LogP contribution in [0.15, 0.2) is 84.0 Å². The first-order valence-corrected chi connectivity index (χ1v) is 13.8. The summed E-state index contributed by atoms with van der Waals surface area (Å²) in [5.74, 6) is -0.427. The number of benzene rings is 2. The molecule has 1 atom stereocenters. The van der Waals surface area contributed by atoms with E-state index < -0.39 is 5.92 Å². The zero-order valence-corrected chi connectivity index (χ0v) is 22.8. The van der Waals surface area contributed by atoms with E-state index in [4.69, 9.17) is 23.2 Å². The second-order valence-corrected chi connectivity index (χ2v) is 10.9. The quantitative estimate of drug-likeness (QED) is 0.349. The number of amides is 1. The summed E-state index contributed by atoms with van der Waals surface area (Å²) in [6, 6.07) is 15.0. The second-order valence-electron chi connectivity index (χ2n) is 10.00. The fourth-order valence-corrected chi connectivity index (χ4v) is 5.49. The van der Waals surface area contributed by atoms with Crippen LogP contribution >= 0.6 is 23.2 Å². The Morgan fingerprint density at radius 2 is 1.64 bits per heavy atom. The summed E-state index contributed by atoms with van der Waals surface area (Å²) in [5, 5.41) is 4.49. The molecule has 0 saturated heterocycles. The lowest BCUT2D eigenvalue weighted by Crippen LogP contribution is -2.38. The van der Waals surface area contributed by atoms with Gasteiger partial charge in [-0.05, 0) is 85.3 Å². The number of carbonyl (C=O) groups excluding carboxylic acids is 1. The van der Waals surface area contributed by atoms with Crippen LogP contribution in [-0.2, 0) is 4.79 Å². The van der Waals surface area contributed by atoms with E-state index >= 15 is 0 Å². The van der Waals surface area contributed by atoms with Gasteiger partial charge in [0.05, 0.1) is 5.92 Å². The molecule has 2 aromatic rings. The molecule has 2 aromatic carbocycles. The second kappa shape index (κ2) is 12.3. The number of carbonyl (C=O) groups is 1. The minimum atomic E-state index is -0.412. The molecule has 0 radical (unpaired) electrons. The van der Waals surface area contributed by atoms with Crippen molar-refractivity contribution in [2.75, 3.05) is 26.2 Å². The van der Waals surface area contributed by atoms with E-state index in [1.54, 1.807) is 0 Å². The topological polar surface area (TPSA) is 32.3 Å². The van der Waals surface area contributed by atoms with Crippen LogP contribution in [0.4, 0.5) is 0 Å². The summed E-state index contributed by atoms with van der Waals surface area (Å²) in [6.07, 6.45) is 14.1. The Balaban J connectivity index is 1.36. The van der Waals surface area contributed by atoms with E-state index in [-0.39, 0.29) is 11.3 Å². The van der Waals surface area contributed by atoms with Crippen LogP contribution in [0, 0.1) is 5.41 Å². The average Bonchev–Trinajstić information content (AvgIpc) is 3.03. The molecule has 2 aliphatic rings. The molecule has 0 spiro atoms. The Labute approximate surface area is 225 Å². The highest BCUT2D eigenvalue weighted by molar-refractivity contribution is 6.30. The van der Waals surface area contributed by atoms with Crippen molar-refractivity contribution >= 4 is 29.1 Å². The predicted octanol–water partition coefficient (Wildman–Crippen LogP) is 7.57. The van der Waals surface area contributed by atoms with Crippen LogP contribution in [0.25, 0.3) is 0 Å². The molecule has 0 aromatic heterocycles. The lowest BCUT2D eigenvalue weighted by Gasteiger charge is -2.30. The van der Waals surface area contributed by atoms with Crippen molar-refractivity contribution in [2.24, 2.45) is 5.41 Å². The fraction of sp³-hybridized carbons (Fsp3) is 0.387. The van der Waals surface area contributed by atoms with Gasteiger partial charge < -0.3 is 10.2 Å². The monoisotopic (exact) mass is 522 g/mol. The lowest BCUT2D eigenvalue weighted by molar-refractivity contribution is -0.121. The number of allylic oxidation sites excluding steroid dienone is 6. The zero-order valence-electron chi connectivity index (χ0n) is 21.3. The third kappa shape index (κ3) is 6.51. The smallest absolute Gasteiger partial charge is 0.232 e. The van der Waals surface area contributed by atoms with Crippen molar-refractivity contribution in [1.29, 1.82) is 0 Å². The molecule has 0 saturated carbocycles. The van der Waals surface area contributed by atoms with Gasteiger partial charge in [0.25, 0.3) is 0 Å². The summed E-state index contributed by atoms with van der Waals surface area (Å²) < 4.78 is 0. The van der Waals surface area contributed by atoms with Gasteiger partial charge in [-0.15, -0.1) is 0 Å². The molecule has 5 heteroatoms. The summed E-state index contributed by atoms with van der Waals surface area (Å²) in [6.45, 7) is 7.92. The van der Waals surface area contributed by atoms with Crippen LogP contribution in [0.5, 0.6) is 0 Å². The van der Waals surface area contributed by atoms with Crippen molar-refractivity contribution in [3.8, 4) is 0 Å². The lowest BCUT2D eigenvalue weighted by atomic mass is 9.80. The van der Waals surface area contributed by atoms with Gasteiger partial charge in [0, 0.05) is 28.5 Å².